The van der Waals surface area contributed by atoms with Crippen molar-refractivity contribution in [2.75, 3.05) is 0 Å². The lowest BCUT2D eigenvalue weighted by Crippen LogP contribution is -2.28. The van der Waals surface area contributed by atoms with E-state index in [2.05, 4.69) is 5.73 Å². The molecule has 1 saturated carbocycles. The van der Waals surface area contributed by atoms with Crippen LogP contribution >= 0.6 is 0 Å². The van der Waals surface area contributed by atoms with E-state index < -0.39 is 17.7 Å². The van der Waals surface area contributed by atoms with Crippen LogP contribution in [-0.4, -0.2) is 17.7 Å². The third kappa shape index (κ3) is 0.487. The highest BCUT2D eigenvalue weighted by molar-refractivity contribution is 5.87. The molecule has 1 aliphatic carbocycles. The first-order chi connectivity index (χ1) is 3.57. The molecule has 0 bridgehead atoms. The fourth-order valence-electron chi connectivity index (χ4n) is 0.457. The Morgan fingerprint density at radius 2 is 2.25 bits per heavy atom. The second-order valence-electron chi connectivity index (χ2n) is 1.90. The van der Waals surface area contributed by atoms with E-state index in [0.29, 0.717) is 0 Å². The smallest absolute Gasteiger partial charge is 0.258 e. The third-order valence-corrected chi connectivity index (χ3v) is 1.22. The van der Waals surface area contributed by atoms with Crippen LogP contribution in [-0.2, 0) is 4.79 Å². The molecule has 1 rings (SSSR count). The summed E-state index contributed by atoms with van der Waals surface area (Å²) < 4.78 is 23.9. The minimum atomic E-state index is -2.32. The van der Waals surface area contributed by atoms with Gasteiger partial charge in [-0.05, 0) is 0 Å². The van der Waals surface area contributed by atoms with Gasteiger partial charge in [-0.15, -0.1) is 0 Å². The van der Waals surface area contributed by atoms with Crippen molar-refractivity contribution in [3.05, 3.63) is 0 Å². The molecule has 0 radical (unpaired) electrons. The van der Waals surface area contributed by atoms with Crippen LogP contribution in [0.25, 0.3) is 0 Å². The normalized spacial score (nSPS) is 44.0. The average Bonchev–Trinajstić information content (AvgIpc) is 2.17. The van der Waals surface area contributed by atoms with Crippen LogP contribution < -0.4 is 5.73 Å². The van der Waals surface area contributed by atoms with Crippen molar-refractivity contribution < 1.29 is 13.6 Å². The number of halogens is 2. The van der Waals surface area contributed by atoms with Crippen LogP contribution in [0.3, 0.4) is 0 Å². The van der Waals surface area contributed by atoms with Gasteiger partial charge in [-0.1, -0.05) is 0 Å². The summed E-state index contributed by atoms with van der Waals surface area (Å²) >= 11 is 0. The van der Waals surface area contributed by atoms with E-state index in [9.17, 15) is 13.6 Å². The second kappa shape index (κ2) is 1.18. The molecule has 2 nitrogen and oxygen atoms in total. The fourth-order valence-corrected chi connectivity index (χ4v) is 0.457. The third-order valence-electron chi connectivity index (χ3n) is 1.22. The van der Waals surface area contributed by atoms with Gasteiger partial charge in [-0.3, -0.25) is 4.79 Å². The minimum Gasteiger partial charge on any atom is -0.367 e. The molecule has 1 amide bonds. The molecular weight excluding hydrogens is 116 g/mol. The molecule has 0 aromatic rings. The number of primary amides is 1. The van der Waals surface area contributed by atoms with Gasteiger partial charge in [0.2, 0.25) is 5.67 Å². The molecule has 46 valence electrons. The molecule has 2 unspecified atom stereocenters. The number of carbonyl (C=O) groups excluding carboxylic acids is 1. The molecule has 0 aliphatic heterocycles. The van der Waals surface area contributed by atoms with E-state index in [1.165, 1.54) is 0 Å². The molecule has 0 aromatic heterocycles. The first-order valence-electron chi connectivity index (χ1n) is 2.20. The van der Waals surface area contributed by atoms with Crippen molar-refractivity contribution in [1.29, 1.82) is 0 Å². The summed E-state index contributed by atoms with van der Waals surface area (Å²) in [5, 5.41) is 0. The Balaban J connectivity index is 2.60. The van der Waals surface area contributed by atoms with Crippen LogP contribution in [0.15, 0.2) is 0 Å². The van der Waals surface area contributed by atoms with Crippen molar-refractivity contribution in [2.45, 2.75) is 18.3 Å². The lowest BCUT2D eigenvalue weighted by Gasteiger charge is -1.93. The van der Waals surface area contributed by atoms with Gasteiger partial charge in [0.15, 0.2) is 0 Å². The maximum absolute atomic E-state index is 12.2. The Kier molecular flexibility index (Phi) is 0.808. The number of nitrogens with two attached hydrogens (primary N) is 1. The highest BCUT2D eigenvalue weighted by Gasteiger charge is 2.62. The van der Waals surface area contributed by atoms with E-state index in [4.69, 9.17) is 0 Å². The number of rotatable bonds is 1. The molecule has 0 heterocycles. The maximum Gasteiger partial charge on any atom is 0.258 e. The van der Waals surface area contributed by atoms with E-state index in [0.717, 1.165) is 0 Å². The van der Waals surface area contributed by atoms with Crippen LogP contribution in [0.1, 0.15) is 6.42 Å². The lowest BCUT2D eigenvalue weighted by atomic mass is 10.4. The molecule has 2 atom stereocenters. The summed E-state index contributed by atoms with van der Waals surface area (Å²) in [6.07, 6.45) is -2.01. The van der Waals surface area contributed by atoms with Gasteiger partial charge in [-0.25, -0.2) is 8.78 Å². The Labute approximate surface area is 44.7 Å². The summed E-state index contributed by atoms with van der Waals surface area (Å²) in [6.45, 7) is 0. The van der Waals surface area contributed by atoms with Gasteiger partial charge in [-0.2, -0.15) is 0 Å². The number of alkyl halides is 2. The summed E-state index contributed by atoms with van der Waals surface area (Å²) in [4.78, 5) is 9.90. The molecule has 0 aromatic carbocycles. The Bertz CT molecular complexity index is 138. The molecule has 0 saturated heterocycles. The fraction of sp³-hybridized carbons (Fsp3) is 0.750. The predicted octanol–water partition coefficient (Wildman–Crippen LogP) is -0.0782. The Hall–Kier alpha value is -0.670. The van der Waals surface area contributed by atoms with Crippen molar-refractivity contribution in [2.24, 2.45) is 5.73 Å². The van der Waals surface area contributed by atoms with Crippen molar-refractivity contribution in [3.8, 4) is 0 Å². The lowest BCUT2D eigenvalue weighted by molar-refractivity contribution is -0.124. The minimum absolute atomic E-state index is 0.359. The molecule has 8 heavy (non-hydrogen) atoms. The largest absolute Gasteiger partial charge is 0.367 e. The number of hydrogen-bond donors (Lipinski definition) is 1. The summed E-state index contributed by atoms with van der Waals surface area (Å²) in [6, 6.07) is 0. The number of carbonyl (C=O) groups is 1. The van der Waals surface area contributed by atoms with Gasteiger partial charge in [0.05, 0.1) is 0 Å². The van der Waals surface area contributed by atoms with Crippen molar-refractivity contribution >= 4 is 5.91 Å². The molecule has 4 heteroatoms. The Morgan fingerprint density at radius 3 is 2.25 bits per heavy atom. The molecule has 1 fully saturated rings. The second-order valence-corrected chi connectivity index (χ2v) is 1.90. The van der Waals surface area contributed by atoms with E-state index >= 15 is 0 Å². The maximum atomic E-state index is 12.2. The van der Waals surface area contributed by atoms with E-state index in [1.807, 2.05) is 0 Å². The van der Waals surface area contributed by atoms with Crippen molar-refractivity contribution in [3.63, 3.8) is 0 Å². The summed E-state index contributed by atoms with van der Waals surface area (Å²) in [7, 11) is 0. The highest BCUT2D eigenvalue weighted by Crippen LogP contribution is 2.42. The first-order valence-corrected chi connectivity index (χ1v) is 2.20. The highest BCUT2D eigenvalue weighted by atomic mass is 19.2. The monoisotopic (exact) mass is 121 g/mol. The predicted molar refractivity (Wildman–Crippen MR) is 22.5 cm³/mol. The van der Waals surface area contributed by atoms with Crippen molar-refractivity contribution in [1.82, 2.24) is 0 Å². The van der Waals surface area contributed by atoms with Gasteiger partial charge >= 0.3 is 0 Å². The summed E-state index contributed by atoms with van der Waals surface area (Å²) in [5.74, 6) is -1.19. The molecule has 0 spiro atoms. The molecular formula is C4H5F2NO. The molecule has 2 N–H and O–H groups in total. The van der Waals surface area contributed by atoms with Crippen LogP contribution in [0.2, 0.25) is 0 Å². The zero-order chi connectivity index (χ0) is 6.36. The van der Waals surface area contributed by atoms with Gasteiger partial charge in [0.1, 0.15) is 6.17 Å². The quantitative estimate of drug-likeness (QED) is 0.518. The topological polar surface area (TPSA) is 43.1 Å². The Morgan fingerprint density at radius 1 is 1.88 bits per heavy atom. The van der Waals surface area contributed by atoms with E-state index in [1.54, 1.807) is 0 Å². The zero-order valence-corrected chi connectivity index (χ0v) is 4.03. The number of amides is 1. The zero-order valence-electron chi connectivity index (χ0n) is 4.03. The molecule has 1 aliphatic rings. The van der Waals surface area contributed by atoms with Crippen LogP contribution in [0, 0.1) is 0 Å². The average molecular weight is 121 g/mol. The first kappa shape index (κ1) is 5.47. The van der Waals surface area contributed by atoms with Crippen LogP contribution in [0.5, 0.6) is 0 Å². The van der Waals surface area contributed by atoms with E-state index in [-0.39, 0.29) is 6.42 Å². The summed E-state index contributed by atoms with van der Waals surface area (Å²) in [5.41, 5.74) is 2.15. The van der Waals surface area contributed by atoms with Gasteiger partial charge in [0, 0.05) is 6.42 Å². The van der Waals surface area contributed by atoms with Gasteiger partial charge in [0.25, 0.3) is 5.91 Å². The standard InChI is InChI=1S/C4H5F2NO/c5-2-1-4(2,6)3(7)8/h2H,1H2,(H2,7,8). The SMILES string of the molecule is NC(=O)C1(F)CC1F. The van der Waals surface area contributed by atoms with Crippen LogP contribution in [0.4, 0.5) is 8.78 Å². The number of hydrogen-bond acceptors (Lipinski definition) is 1. The van der Waals surface area contributed by atoms with Gasteiger partial charge < -0.3 is 5.73 Å².